The summed E-state index contributed by atoms with van der Waals surface area (Å²) >= 11 is 5.26. The second-order valence-electron chi connectivity index (χ2n) is 3.60. The van der Waals surface area contributed by atoms with Crippen molar-refractivity contribution in [3.63, 3.8) is 0 Å². The van der Waals surface area contributed by atoms with E-state index in [1.165, 1.54) is 12.8 Å². The number of alkyl halides is 1. The summed E-state index contributed by atoms with van der Waals surface area (Å²) in [6, 6.07) is 0. The van der Waals surface area contributed by atoms with Crippen LogP contribution >= 0.6 is 11.6 Å². The van der Waals surface area contributed by atoms with Crippen molar-refractivity contribution in [2.75, 3.05) is 12.5 Å². The zero-order valence-corrected chi connectivity index (χ0v) is 9.27. The first-order valence-electron chi connectivity index (χ1n) is 4.88. The Balaban J connectivity index is 3.04. The molecule has 0 amide bonds. The second-order valence-corrected chi connectivity index (χ2v) is 3.86. The molecule has 0 rings (SSSR count). The minimum absolute atomic E-state index is 0.0357. The molecule has 0 aromatic heterocycles. The van der Waals surface area contributed by atoms with E-state index in [9.17, 15) is 4.79 Å². The van der Waals surface area contributed by atoms with Crippen molar-refractivity contribution in [2.45, 2.75) is 39.5 Å². The van der Waals surface area contributed by atoms with Crippen LogP contribution in [0.5, 0.6) is 0 Å². The lowest BCUT2D eigenvalue weighted by atomic mass is 10.1. The van der Waals surface area contributed by atoms with E-state index in [1.54, 1.807) is 0 Å². The summed E-state index contributed by atoms with van der Waals surface area (Å²) in [5, 5.41) is 0. The first-order valence-corrected chi connectivity index (χ1v) is 5.42. The minimum Gasteiger partial charge on any atom is -0.465 e. The molecule has 0 heterocycles. The number of unbranched alkanes of at least 4 members (excludes halogenated alkanes) is 2. The van der Waals surface area contributed by atoms with Gasteiger partial charge in [-0.25, -0.2) is 0 Å². The smallest absolute Gasteiger partial charge is 0.320 e. The molecule has 78 valence electrons. The largest absolute Gasteiger partial charge is 0.465 e. The van der Waals surface area contributed by atoms with E-state index in [0.29, 0.717) is 6.61 Å². The molecule has 0 aromatic carbocycles. The number of carbonyl (C=O) groups excluding carboxylic acids is 1. The van der Waals surface area contributed by atoms with E-state index in [4.69, 9.17) is 16.3 Å². The molecule has 0 atom stereocenters. The summed E-state index contributed by atoms with van der Waals surface area (Å²) in [6.45, 7) is 4.95. The number of esters is 1. The van der Waals surface area contributed by atoms with Gasteiger partial charge < -0.3 is 4.74 Å². The molecule has 0 N–H and O–H groups in total. The molecular weight excluding hydrogens is 188 g/mol. The van der Waals surface area contributed by atoms with Gasteiger partial charge in [-0.2, -0.15) is 0 Å². The third-order valence-electron chi connectivity index (χ3n) is 1.80. The maximum absolute atomic E-state index is 10.6. The Kier molecular flexibility index (Phi) is 8.21. The van der Waals surface area contributed by atoms with Gasteiger partial charge in [0.1, 0.15) is 5.88 Å². The fourth-order valence-electron chi connectivity index (χ4n) is 1.06. The van der Waals surface area contributed by atoms with E-state index in [-0.39, 0.29) is 11.8 Å². The number of ether oxygens (including phenoxy) is 1. The van der Waals surface area contributed by atoms with Crippen LogP contribution in [0.4, 0.5) is 0 Å². The van der Waals surface area contributed by atoms with Crippen molar-refractivity contribution in [3.05, 3.63) is 0 Å². The molecule has 13 heavy (non-hydrogen) atoms. The standard InChI is InChI=1S/C10H19ClO2/c1-9(2)6-4-3-5-7-13-10(12)8-11/h9H,3-8H2,1-2H3. The van der Waals surface area contributed by atoms with Gasteiger partial charge in [-0.05, 0) is 12.3 Å². The van der Waals surface area contributed by atoms with E-state index in [0.717, 1.165) is 18.8 Å². The molecule has 0 unspecified atom stereocenters. The van der Waals surface area contributed by atoms with Gasteiger partial charge in [-0.15, -0.1) is 11.6 Å². The Hall–Kier alpha value is -0.240. The van der Waals surface area contributed by atoms with Crippen LogP contribution in [0.1, 0.15) is 39.5 Å². The van der Waals surface area contributed by atoms with Crippen LogP contribution in [0, 0.1) is 5.92 Å². The fraction of sp³-hybridized carbons (Fsp3) is 0.900. The van der Waals surface area contributed by atoms with Crippen LogP contribution < -0.4 is 0 Å². The van der Waals surface area contributed by atoms with Gasteiger partial charge in [0.05, 0.1) is 6.61 Å². The van der Waals surface area contributed by atoms with Gasteiger partial charge in [0, 0.05) is 0 Å². The average Bonchev–Trinajstić information content (AvgIpc) is 2.10. The molecule has 0 saturated carbocycles. The Bertz CT molecular complexity index is 135. The van der Waals surface area contributed by atoms with Crippen molar-refractivity contribution in [2.24, 2.45) is 5.92 Å². The number of halogens is 1. The maximum Gasteiger partial charge on any atom is 0.320 e. The molecule has 2 nitrogen and oxygen atoms in total. The monoisotopic (exact) mass is 206 g/mol. The highest BCUT2D eigenvalue weighted by Crippen LogP contribution is 2.07. The SMILES string of the molecule is CC(C)CCCCCOC(=O)CCl. The van der Waals surface area contributed by atoms with Crippen LogP contribution in [-0.4, -0.2) is 18.5 Å². The Morgan fingerprint density at radius 1 is 1.31 bits per heavy atom. The molecule has 0 aliphatic heterocycles. The van der Waals surface area contributed by atoms with Crippen molar-refractivity contribution in [1.82, 2.24) is 0 Å². The molecule has 0 aromatic rings. The number of rotatable bonds is 7. The van der Waals surface area contributed by atoms with Crippen molar-refractivity contribution < 1.29 is 9.53 Å². The van der Waals surface area contributed by atoms with Gasteiger partial charge in [-0.3, -0.25) is 4.79 Å². The number of carbonyl (C=O) groups is 1. The molecule has 3 heteroatoms. The van der Waals surface area contributed by atoms with E-state index in [2.05, 4.69) is 13.8 Å². The highest BCUT2D eigenvalue weighted by molar-refractivity contribution is 6.26. The summed E-state index contributed by atoms with van der Waals surface area (Å²) in [4.78, 5) is 10.6. The summed E-state index contributed by atoms with van der Waals surface area (Å²) < 4.78 is 4.83. The summed E-state index contributed by atoms with van der Waals surface area (Å²) in [5.41, 5.74) is 0. The van der Waals surface area contributed by atoms with E-state index in [1.807, 2.05) is 0 Å². The van der Waals surface area contributed by atoms with Crippen molar-refractivity contribution in [1.29, 1.82) is 0 Å². The molecule has 0 saturated heterocycles. The number of hydrogen-bond acceptors (Lipinski definition) is 2. The van der Waals surface area contributed by atoms with Gasteiger partial charge in [0.25, 0.3) is 0 Å². The molecule has 0 aliphatic rings. The highest BCUT2D eigenvalue weighted by Gasteiger charge is 1.99. The lowest BCUT2D eigenvalue weighted by Crippen LogP contribution is -2.06. The van der Waals surface area contributed by atoms with Crippen LogP contribution in [0.2, 0.25) is 0 Å². The first kappa shape index (κ1) is 12.8. The van der Waals surface area contributed by atoms with Gasteiger partial charge in [-0.1, -0.05) is 33.1 Å². The number of hydrogen-bond donors (Lipinski definition) is 0. The Morgan fingerprint density at radius 2 is 2.00 bits per heavy atom. The Morgan fingerprint density at radius 3 is 2.54 bits per heavy atom. The fourth-order valence-corrected chi connectivity index (χ4v) is 1.13. The normalized spacial score (nSPS) is 10.5. The lowest BCUT2D eigenvalue weighted by Gasteiger charge is -2.04. The van der Waals surface area contributed by atoms with E-state index >= 15 is 0 Å². The first-order chi connectivity index (χ1) is 6.16. The third-order valence-corrected chi connectivity index (χ3v) is 2.02. The average molecular weight is 207 g/mol. The second kappa shape index (κ2) is 8.36. The van der Waals surface area contributed by atoms with Crippen LogP contribution in [0.3, 0.4) is 0 Å². The van der Waals surface area contributed by atoms with Crippen LogP contribution in [-0.2, 0) is 9.53 Å². The van der Waals surface area contributed by atoms with E-state index < -0.39 is 0 Å². The zero-order valence-electron chi connectivity index (χ0n) is 8.51. The molecule has 0 radical (unpaired) electrons. The third kappa shape index (κ3) is 9.68. The minimum atomic E-state index is -0.314. The zero-order chi connectivity index (χ0) is 10.1. The molecule has 0 fully saturated rings. The maximum atomic E-state index is 10.6. The molecule has 0 spiro atoms. The predicted octanol–water partition coefficient (Wildman–Crippen LogP) is 2.98. The Labute approximate surface area is 85.6 Å². The van der Waals surface area contributed by atoms with Crippen molar-refractivity contribution >= 4 is 17.6 Å². The summed E-state index contributed by atoms with van der Waals surface area (Å²) in [7, 11) is 0. The quantitative estimate of drug-likeness (QED) is 0.364. The van der Waals surface area contributed by atoms with Gasteiger partial charge in [0.2, 0.25) is 0 Å². The molecule has 0 aliphatic carbocycles. The molecule has 0 bridgehead atoms. The summed E-state index contributed by atoms with van der Waals surface area (Å²) in [5.74, 6) is 0.419. The molecular formula is C10H19ClO2. The summed E-state index contributed by atoms with van der Waals surface area (Å²) in [6.07, 6.45) is 4.56. The predicted molar refractivity (Wildman–Crippen MR) is 55.0 cm³/mol. The van der Waals surface area contributed by atoms with Crippen LogP contribution in [0.25, 0.3) is 0 Å². The lowest BCUT2D eigenvalue weighted by molar-refractivity contribution is -0.140. The topological polar surface area (TPSA) is 26.3 Å². The van der Waals surface area contributed by atoms with Gasteiger partial charge in [0.15, 0.2) is 0 Å². The van der Waals surface area contributed by atoms with Crippen molar-refractivity contribution in [3.8, 4) is 0 Å². The van der Waals surface area contributed by atoms with Crippen LogP contribution in [0.15, 0.2) is 0 Å². The highest BCUT2D eigenvalue weighted by atomic mass is 35.5. The van der Waals surface area contributed by atoms with Gasteiger partial charge >= 0.3 is 5.97 Å².